The zero-order valence-electron chi connectivity index (χ0n) is 21.3. The summed E-state index contributed by atoms with van der Waals surface area (Å²) in [5.74, 6) is -12.3. The van der Waals surface area contributed by atoms with Crippen LogP contribution in [0.25, 0.3) is 0 Å². The van der Waals surface area contributed by atoms with Crippen LogP contribution >= 0.6 is 0 Å². The number of phenols is 9. The van der Waals surface area contributed by atoms with Gasteiger partial charge in [-0.25, -0.2) is 14.4 Å². The normalized spacial score (nSPS) is 19.5. The second kappa shape index (κ2) is 11.6. The Bertz CT molecular complexity index is 1530. The van der Waals surface area contributed by atoms with Crippen LogP contribution in [-0.2, 0) is 18.9 Å². The van der Waals surface area contributed by atoms with Crippen molar-refractivity contribution in [3.8, 4) is 51.7 Å². The van der Waals surface area contributed by atoms with Crippen molar-refractivity contribution in [1.29, 1.82) is 0 Å². The monoisotopic (exact) mass is 606 g/mol. The minimum Gasteiger partial charge on any atom is -0.504 e. The molecule has 0 saturated carbocycles. The molecule has 4 rings (SSSR count). The Morgan fingerprint density at radius 1 is 0.535 bits per heavy atom. The van der Waals surface area contributed by atoms with E-state index in [0.717, 1.165) is 0 Å². The zero-order chi connectivity index (χ0) is 31.7. The molecule has 1 unspecified atom stereocenters. The number of benzene rings is 3. The number of carbonyl (C=O) groups excluding carboxylic acids is 3. The van der Waals surface area contributed by atoms with Gasteiger partial charge in [0.25, 0.3) is 0 Å². The molecule has 3 aromatic carbocycles. The average Bonchev–Trinajstić information content (AvgIpc) is 3.27. The maximum atomic E-state index is 13.0. The van der Waals surface area contributed by atoms with E-state index < -0.39 is 118 Å². The Labute approximate surface area is 238 Å². The van der Waals surface area contributed by atoms with E-state index in [0.29, 0.717) is 36.4 Å². The van der Waals surface area contributed by atoms with Crippen molar-refractivity contribution in [2.45, 2.75) is 24.6 Å². The fourth-order valence-corrected chi connectivity index (χ4v) is 3.92. The smallest absolute Gasteiger partial charge is 0.340 e. The van der Waals surface area contributed by atoms with Crippen LogP contribution in [0.15, 0.2) is 36.4 Å². The highest BCUT2D eigenvalue weighted by atomic mass is 16.7. The molecule has 43 heavy (non-hydrogen) atoms. The molecule has 0 aliphatic carbocycles. The van der Waals surface area contributed by atoms with Crippen LogP contribution in [0.1, 0.15) is 31.1 Å². The SMILES string of the molecule is O=C(OC1O[C@H](CO)[C@@H](OC(=O)c2cc(O)c(O)c(O)c2)[C@H]1OC(=O)c1cc(O)c(O)c(O)c1)c1cc(O)c(O)c(O)c1. The van der Waals surface area contributed by atoms with E-state index in [1.54, 1.807) is 0 Å². The molecule has 1 fully saturated rings. The van der Waals surface area contributed by atoms with Crippen LogP contribution in [0.4, 0.5) is 0 Å². The Morgan fingerprint density at radius 2 is 0.837 bits per heavy atom. The minimum absolute atomic E-state index is 0.529. The molecule has 0 radical (unpaired) electrons. The first-order valence-corrected chi connectivity index (χ1v) is 11.9. The van der Waals surface area contributed by atoms with Crippen LogP contribution in [0.2, 0.25) is 0 Å². The third kappa shape index (κ3) is 5.97. The number of aliphatic hydroxyl groups excluding tert-OH is 1. The number of ether oxygens (including phenoxy) is 4. The number of carbonyl (C=O) groups is 3. The highest BCUT2D eigenvalue weighted by molar-refractivity contribution is 5.93. The molecule has 228 valence electrons. The topological polar surface area (TPSA) is 290 Å². The molecule has 17 nitrogen and oxygen atoms in total. The molecule has 1 aliphatic heterocycles. The summed E-state index contributed by atoms with van der Waals surface area (Å²) in [7, 11) is 0. The molecule has 0 spiro atoms. The highest BCUT2D eigenvalue weighted by Crippen LogP contribution is 2.39. The first kappa shape index (κ1) is 30.2. The lowest BCUT2D eigenvalue weighted by Crippen LogP contribution is -2.42. The van der Waals surface area contributed by atoms with Gasteiger partial charge >= 0.3 is 17.9 Å². The summed E-state index contributed by atoms with van der Waals surface area (Å²) >= 11 is 0. The Balaban J connectivity index is 1.68. The second-order valence-corrected chi connectivity index (χ2v) is 8.96. The van der Waals surface area contributed by atoms with Crippen LogP contribution < -0.4 is 0 Å². The van der Waals surface area contributed by atoms with Gasteiger partial charge in [0.2, 0.25) is 12.4 Å². The van der Waals surface area contributed by atoms with Crippen molar-refractivity contribution in [1.82, 2.24) is 0 Å². The molecule has 0 amide bonds. The van der Waals surface area contributed by atoms with E-state index in [2.05, 4.69) is 0 Å². The number of phenolic OH excluding ortho intramolecular Hbond substituents is 9. The van der Waals surface area contributed by atoms with Crippen molar-refractivity contribution in [2.24, 2.45) is 0 Å². The number of rotatable bonds is 7. The summed E-state index contributed by atoms with van der Waals surface area (Å²) in [6, 6.07) is 4.24. The van der Waals surface area contributed by atoms with Gasteiger partial charge in [-0.15, -0.1) is 0 Å². The van der Waals surface area contributed by atoms with Gasteiger partial charge in [-0.3, -0.25) is 0 Å². The molecule has 1 heterocycles. The van der Waals surface area contributed by atoms with Gasteiger partial charge in [0.15, 0.2) is 57.8 Å². The quantitative estimate of drug-likeness (QED) is 0.0986. The molecule has 17 heteroatoms. The first-order chi connectivity index (χ1) is 20.2. The number of hydrogen-bond acceptors (Lipinski definition) is 17. The first-order valence-electron chi connectivity index (χ1n) is 11.9. The van der Waals surface area contributed by atoms with Gasteiger partial charge in [-0.2, -0.15) is 0 Å². The summed E-state index contributed by atoms with van der Waals surface area (Å²) < 4.78 is 21.2. The van der Waals surface area contributed by atoms with Crippen LogP contribution in [0, 0.1) is 0 Å². The van der Waals surface area contributed by atoms with Gasteiger partial charge in [-0.1, -0.05) is 0 Å². The molecule has 0 bridgehead atoms. The van der Waals surface area contributed by atoms with Gasteiger partial charge in [0.1, 0.15) is 6.10 Å². The van der Waals surface area contributed by atoms with E-state index in [9.17, 15) is 65.4 Å². The predicted octanol–water partition coefficient (Wildman–Crippen LogP) is 0.362. The highest BCUT2D eigenvalue weighted by Gasteiger charge is 2.52. The predicted molar refractivity (Wildman–Crippen MR) is 134 cm³/mol. The van der Waals surface area contributed by atoms with Gasteiger partial charge in [0, 0.05) is 0 Å². The van der Waals surface area contributed by atoms with Crippen LogP contribution in [0.5, 0.6) is 51.7 Å². The van der Waals surface area contributed by atoms with Crippen LogP contribution in [-0.4, -0.2) is 100 Å². The van der Waals surface area contributed by atoms with Gasteiger partial charge in [-0.05, 0) is 36.4 Å². The lowest BCUT2D eigenvalue weighted by atomic mass is 10.1. The van der Waals surface area contributed by atoms with Crippen molar-refractivity contribution in [3.63, 3.8) is 0 Å². The summed E-state index contributed by atoms with van der Waals surface area (Å²) in [4.78, 5) is 38.6. The summed E-state index contributed by atoms with van der Waals surface area (Å²) in [6.45, 7) is -0.937. The van der Waals surface area contributed by atoms with E-state index >= 15 is 0 Å². The minimum atomic E-state index is -1.98. The largest absolute Gasteiger partial charge is 0.504 e. The summed E-state index contributed by atoms with van der Waals surface area (Å²) in [6.07, 6.45) is -7.26. The molecular weight excluding hydrogens is 584 g/mol. The zero-order valence-corrected chi connectivity index (χ0v) is 21.3. The number of hydrogen-bond donors (Lipinski definition) is 10. The summed E-state index contributed by atoms with van der Waals surface area (Å²) in [5, 5.41) is 96.9. The lowest BCUT2D eigenvalue weighted by Gasteiger charge is -2.24. The molecular formula is C26H22O17. The fourth-order valence-electron chi connectivity index (χ4n) is 3.92. The summed E-state index contributed by atoms with van der Waals surface area (Å²) in [5.41, 5.74) is -1.62. The molecule has 3 aromatic rings. The van der Waals surface area contributed by atoms with Gasteiger partial charge < -0.3 is 70.0 Å². The molecule has 4 atom stereocenters. The lowest BCUT2D eigenvalue weighted by molar-refractivity contribution is -0.141. The van der Waals surface area contributed by atoms with Crippen molar-refractivity contribution in [2.75, 3.05) is 6.61 Å². The standard InChI is InChI=1S/C26H22O17/c27-7-17-21(41-23(37)8-1-11(28)18(34)12(29)2-8)22(42-24(38)9-3-13(30)19(35)14(31)4-9)26(40-17)43-25(39)10-5-15(32)20(36)16(33)6-10/h1-6,17,21-22,26-36H,7H2/t17-,21-,22-,26?/m1/s1. The average molecular weight is 606 g/mol. The third-order valence-corrected chi connectivity index (χ3v) is 6.07. The van der Waals surface area contributed by atoms with Crippen molar-refractivity contribution >= 4 is 17.9 Å². The number of aliphatic hydroxyl groups is 1. The molecule has 10 N–H and O–H groups in total. The van der Waals surface area contributed by atoms with Crippen molar-refractivity contribution < 1.29 is 84.4 Å². The molecule has 1 aliphatic rings. The Hall–Kier alpha value is -5.81. The second-order valence-electron chi connectivity index (χ2n) is 8.96. The van der Waals surface area contributed by atoms with E-state index in [1.165, 1.54) is 0 Å². The molecule has 1 saturated heterocycles. The van der Waals surface area contributed by atoms with Crippen LogP contribution in [0.3, 0.4) is 0 Å². The maximum Gasteiger partial charge on any atom is 0.340 e. The third-order valence-electron chi connectivity index (χ3n) is 6.07. The van der Waals surface area contributed by atoms with Crippen molar-refractivity contribution in [3.05, 3.63) is 53.1 Å². The Kier molecular flexibility index (Phi) is 8.13. The maximum absolute atomic E-state index is 13.0. The number of aromatic hydroxyl groups is 9. The molecule has 0 aromatic heterocycles. The van der Waals surface area contributed by atoms with E-state index in [1.807, 2.05) is 0 Å². The van der Waals surface area contributed by atoms with Gasteiger partial charge in [0.05, 0.1) is 23.3 Å². The Morgan fingerprint density at radius 3 is 1.16 bits per heavy atom. The van der Waals surface area contributed by atoms with E-state index in [-0.39, 0.29) is 0 Å². The number of esters is 3. The fraction of sp³-hybridized carbons (Fsp3) is 0.192. The van der Waals surface area contributed by atoms with E-state index in [4.69, 9.17) is 18.9 Å².